The van der Waals surface area contributed by atoms with Crippen LogP contribution in [-0.2, 0) is 51.1 Å². The van der Waals surface area contributed by atoms with E-state index in [0.29, 0.717) is 69.4 Å². The Kier molecular flexibility index (Phi) is 14.4. The first-order valence-electron chi connectivity index (χ1n) is 22.3. The number of nitrogens with zero attached hydrogens (tertiary/aromatic N) is 5. The molecule has 3 aliphatic heterocycles. The van der Waals surface area contributed by atoms with Crippen LogP contribution >= 0.6 is 11.3 Å². The van der Waals surface area contributed by atoms with E-state index in [1.54, 1.807) is 18.2 Å². The molecule has 7 atom stereocenters. The highest BCUT2D eigenvalue weighted by Crippen LogP contribution is 2.48. The van der Waals surface area contributed by atoms with E-state index in [1.165, 1.54) is 16.3 Å². The topological polar surface area (TPSA) is 166 Å². The number of carbonyl (C=O) groups excluding carboxylic acids is 4. The molecule has 1 aliphatic carbocycles. The van der Waals surface area contributed by atoms with Crippen LogP contribution in [0.4, 0.5) is 0 Å². The summed E-state index contributed by atoms with van der Waals surface area (Å²) in [5.74, 6) is -2.74. The van der Waals surface area contributed by atoms with Crippen LogP contribution < -0.4 is 10.7 Å². The fourth-order valence-electron chi connectivity index (χ4n) is 9.34. The number of hydrogen-bond donors (Lipinski definition) is 2. The van der Waals surface area contributed by atoms with E-state index >= 15 is 0 Å². The summed E-state index contributed by atoms with van der Waals surface area (Å²) in [7, 11) is 1.67. The van der Waals surface area contributed by atoms with Crippen LogP contribution in [-0.4, -0.2) is 121 Å². The van der Waals surface area contributed by atoms with Crippen molar-refractivity contribution in [3.05, 3.63) is 58.2 Å². The average Bonchev–Trinajstić information content (AvgIpc) is 3.57. The molecule has 2 saturated heterocycles. The summed E-state index contributed by atoms with van der Waals surface area (Å²) in [5, 5.41) is 7.90. The molecular formula is C47H63N7O8S. The maximum Gasteiger partial charge on any atom is 0.324 e. The number of nitrogens with one attached hydrogen (secondary N) is 2. The molecule has 3 fully saturated rings. The molecule has 1 saturated carbocycles. The van der Waals surface area contributed by atoms with Gasteiger partial charge in [0.15, 0.2) is 0 Å². The van der Waals surface area contributed by atoms with Crippen molar-refractivity contribution in [2.24, 2.45) is 28.2 Å². The van der Waals surface area contributed by atoms with Crippen LogP contribution in [0.5, 0.6) is 0 Å². The van der Waals surface area contributed by atoms with E-state index in [1.807, 2.05) is 45.2 Å². The number of rotatable bonds is 11. The van der Waals surface area contributed by atoms with Gasteiger partial charge in [-0.25, -0.2) is 10.4 Å². The summed E-state index contributed by atoms with van der Waals surface area (Å²) >= 11 is 1.35. The Morgan fingerprint density at radius 2 is 1.94 bits per heavy atom. The largest absolute Gasteiger partial charge is 0.464 e. The number of aliphatic imine (C=N–C) groups is 1. The Labute approximate surface area is 374 Å². The van der Waals surface area contributed by atoms with Crippen LogP contribution in [0, 0.1) is 23.2 Å². The summed E-state index contributed by atoms with van der Waals surface area (Å²) < 4.78 is 26.0. The second-order valence-electron chi connectivity index (χ2n) is 17.6. The molecule has 0 radical (unpaired) electrons. The minimum atomic E-state index is -1.22. The molecule has 3 aromatic rings. The number of benzene rings is 1. The van der Waals surface area contributed by atoms with Crippen molar-refractivity contribution in [1.82, 2.24) is 30.2 Å². The van der Waals surface area contributed by atoms with Crippen LogP contribution in [0.1, 0.15) is 83.7 Å². The Balaban J connectivity index is 1.34. The zero-order valence-electron chi connectivity index (χ0n) is 37.9. The van der Waals surface area contributed by atoms with Gasteiger partial charge in [0.1, 0.15) is 23.2 Å². The summed E-state index contributed by atoms with van der Waals surface area (Å²) in [6, 6.07) is 4.27. The summed E-state index contributed by atoms with van der Waals surface area (Å²) in [4.78, 5) is 68.2. The van der Waals surface area contributed by atoms with Gasteiger partial charge in [0, 0.05) is 78.9 Å². The van der Waals surface area contributed by atoms with Crippen molar-refractivity contribution in [3.8, 4) is 11.3 Å². The summed E-state index contributed by atoms with van der Waals surface area (Å²) in [6.45, 7) is 21.3. The molecule has 3 amide bonds. The number of amides is 3. The number of allylic oxidation sites excluding steroid dienone is 2. The lowest BCUT2D eigenvalue weighted by Gasteiger charge is -2.37. The van der Waals surface area contributed by atoms with E-state index in [4.69, 9.17) is 28.9 Å². The standard InChI is InChI=1S/C47H63N7O8S/c1-10-30(38(48-11-2)28(6)59-9)40-32-24-47(7,8)26-62-46(58)33-15-14-18-54(51-33)45(57)39(50-42(55)36-27(5)37(36)44(56)52-19-21-60-22-20-52)41(61-13-4)43-49-34(25-63-43)29-16-17-35(31(32)23-29)53(40)12-3/h10-11,16-17,23,25,27-28,33,36-37,39,41,51H,1,12-15,18-22,24,26H2,2-9H3,(H,50,55)/b38-30+,48-11?/t27-,28+,33+,36-,37-,39+,41+/m1/s1. The van der Waals surface area contributed by atoms with Gasteiger partial charge in [-0.2, -0.15) is 0 Å². The number of aromatic nitrogens is 2. The highest BCUT2D eigenvalue weighted by Gasteiger charge is 2.58. The number of hydrazine groups is 1. The molecule has 16 heteroatoms. The lowest BCUT2D eigenvalue weighted by atomic mass is 9.84. The third kappa shape index (κ3) is 9.42. The van der Waals surface area contributed by atoms with Crippen molar-refractivity contribution in [2.75, 3.05) is 53.2 Å². The fraction of sp³-hybridized carbons (Fsp3) is 0.574. The number of aryl methyl sites for hydroxylation is 1. The highest BCUT2D eigenvalue weighted by molar-refractivity contribution is 7.10. The number of morpholine rings is 1. The molecule has 0 spiro atoms. The molecular weight excluding hydrogens is 823 g/mol. The Hall–Kier alpha value is -4.74. The zero-order chi connectivity index (χ0) is 45.2. The van der Waals surface area contributed by atoms with Crippen molar-refractivity contribution < 1.29 is 38.1 Å². The Morgan fingerprint density at radius 1 is 1.17 bits per heavy atom. The van der Waals surface area contributed by atoms with Gasteiger partial charge >= 0.3 is 5.97 Å². The number of hydrogen-bond acceptors (Lipinski definition) is 12. The van der Waals surface area contributed by atoms with Gasteiger partial charge in [0.05, 0.1) is 54.8 Å². The third-order valence-corrected chi connectivity index (χ3v) is 13.7. The molecule has 63 heavy (non-hydrogen) atoms. The minimum Gasteiger partial charge on any atom is -0.464 e. The van der Waals surface area contributed by atoms with E-state index in [0.717, 1.165) is 39.0 Å². The molecule has 2 N–H and O–H groups in total. The Bertz CT molecular complexity index is 2270. The molecule has 0 unspecified atom stereocenters. The van der Waals surface area contributed by atoms with Gasteiger partial charge in [-0.15, -0.1) is 11.3 Å². The number of cyclic esters (lactones) is 1. The predicted octanol–water partition coefficient (Wildman–Crippen LogP) is 5.73. The van der Waals surface area contributed by atoms with Gasteiger partial charge in [-0.05, 0) is 70.6 Å². The maximum atomic E-state index is 14.8. The van der Waals surface area contributed by atoms with Gasteiger partial charge in [0.25, 0.3) is 5.91 Å². The number of carbonyl (C=O) groups is 4. The number of ether oxygens (including phenoxy) is 4. The van der Waals surface area contributed by atoms with Crippen LogP contribution in [0.2, 0.25) is 0 Å². The lowest BCUT2D eigenvalue weighted by Crippen LogP contribution is -2.61. The third-order valence-electron chi connectivity index (χ3n) is 12.8. The normalized spacial score (nSPS) is 26.2. The second kappa shape index (κ2) is 19.6. The maximum absolute atomic E-state index is 14.8. The molecule has 15 nitrogen and oxygen atoms in total. The molecule has 340 valence electrons. The van der Waals surface area contributed by atoms with Crippen LogP contribution in [0.25, 0.3) is 27.7 Å². The lowest BCUT2D eigenvalue weighted by molar-refractivity contribution is -0.156. The van der Waals surface area contributed by atoms with Crippen molar-refractivity contribution in [2.45, 2.75) is 98.6 Å². The molecule has 1 aromatic carbocycles. The number of thiazole rings is 1. The monoisotopic (exact) mass is 885 g/mol. The number of methoxy groups -OCH3 is 1. The first-order chi connectivity index (χ1) is 30.3. The van der Waals surface area contributed by atoms with Crippen molar-refractivity contribution in [3.63, 3.8) is 0 Å². The van der Waals surface area contributed by atoms with Crippen LogP contribution in [0.15, 0.2) is 46.9 Å². The van der Waals surface area contributed by atoms with Crippen LogP contribution in [0.3, 0.4) is 0 Å². The molecule has 6 bridgehead atoms. The SMILES string of the molecule is C=C/C(=C(\N=CC)[C@H](C)OC)c1c2c3cc(ccc3n1CC)-c1csc(n1)[C@@H](OCC)[C@H](NC(=O)[C@@H]1[C@@H](C)[C@H]1C(=O)N1CCOCC1)C(=O)N1CCC[C@H](N1)C(=O)OCC(C)(C)C2. The highest BCUT2D eigenvalue weighted by atomic mass is 32.1. The molecule has 7 rings (SSSR count). The van der Waals surface area contributed by atoms with E-state index in [9.17, 15) is 19.2 Å². The zero-order valence-corrected chi connectivity index (χ0v) is 38.7. The molecule has 5 heterocycles. The summed E-state index contributed by atoms with van der Waals surface area (Å²) in [5.41, 5.74) is 8.79. The predicted molar refractivity (Wildman–Crippen MR) is 243 cm³/mol. The second-order valence-corrected chi connectivity index (χ2v) is 18.5. The van der Waals surface area contributed by atoms with E-state index in [2.05, 4.69) is 54.8 Å². The first-order valence-corrected chi connectivity index (χ1v) is 23.2. The molecule has 4 aliphatic rings. The summed E-state index contributed by atoms with van der Waals surface area (Å²) in [6.07, 6.45) is 3.83. The minimum absolute atomic E-state index is 0.0761. The van der Waals surface area contributed by atoms with Crippen molar-refractivity contribution in [1.29, 1.82) is 0 Å². The first kappa shape index (κ1) is 46.3. The van der Waals surface area contributed by atoms with Gasteiger partial charge < -0.3 is 33.7 Å². The number of esters is 1. The fourth-order valence-corrected chi connectivity index (χ4v) is 10.3. The smallest absolute Gasteiger partial charge is 0.324 e. The van der Waals surface area contributed by atoms with Crippen molar-refractivity contribution >= 4 is 57.7 Å². The van der Waals surface area contributed by atoms with Gasteiger partial charge in [-0.3, -0.25) is 29.2 Å². The molecule has 2 aromatic heterocycles. The quantitative estimate of drug-likeness (QED) is 0.138. The van der Waals surface area contributed by atoms with Gasteiger partial charge in [-0.1, -0.05) is 39.5 Å². The average molecular weight is 886 g/mol. The van der Waals surface area contributed by atoms with E-state index in [-0.39, 0.29) is 31.1 Å². The van der Waals surface area contributed by atoms with E-state index < -0.39 is 53.2 Å². The Morgan fingerprint density at radius 3 is 2.62 bits per heavy atom. The van der Waals surface area contributed by atoms with Gasteiger partial charge in [0.2, 0.25) is 11.8 Å². The number of fused-ring (bicyclic) bond motifs is 6.